The van der Waals surface area contributed by atoms with Crippen LogP contribution in [0.4, 0.5) is 5.69 Å². The number of nitrogens with one attached hydrogen (secondary N) is 1. The molecule has 0 radical (unpaired) electrons. The molecule has 1 aliphatic carbocycles. The molecule has 3 heterocycles. The maximum absolute atomic E-state index is 13.4. The number of para-hydroxylation sites is 1. The molecule has 1 aliphatic heterocycles. The van der Waals surface area contributed by atoms with E-state index in [2.05, 4.69) is 22.1 Å². The summed E-state index contributed by atoms with van der Waals surface area (Å²) in [5.41, 5.74) is 3.05. The molecule has 1 spiro atoms. The first-order chi connectivity index (χ1) is 12.7. The minimum Gasteiger partial charge on any atom is -0.328 e. The predicted molar refractivity (Wildman–Crippen MR) is 101 cm³/mol. The van der Waals surface area contributed by atoms with Crippen LogP contribution in [-0.2, 0) is 5.41 Å². The molecule has 2 aromatic heterocycles. The molecule has 0 unspecified atom stereocenters. The highest BCUT2D eigenvalue weighted by molar-refractivity contribution is 6.13. The Balaban J connectivity index is 1.65. The monoisotopic (exact) mass is 345 g/mol. The summed E-state index contributed by atoms with van der Waals surface area (Å²) >= 11 is 0. The Morgan fingerprint density at radius 2 is 1.92 bits per heavy atom. The van der Waals surface area contributed by atoms with Gasteiger partial charge in [0, 0.05) is 30.0 Å². The lowest BCUT2D eigenvalue weighted by atomic mass is 9.81. The fraction of sp³-hybridized carbons (Fsp3) is 0.286. The van der Waals surface area contributed by atoms with E-state index < -0.39 is 0 Å². The number of hydrogen-bond donors (Lipinski definition) is 1. The standard InChI is InChI=1S/C21H19N3O2/c25-19-14-6-5-11-22-18(14)15(12-23-19)20(26)24-13-21(9-3-4-10-21)16-7-1-2-8-17(16)24/h1-2,5-8,11-12H,3-4,9-10,13H2,(H,23,25). The fourth-order valence-corrected chi connectivity index (χ4v) is 4.69. The molecule has 2 aliphatic rings. The van der Waals surface area contributed by atoms with Gasteiger partial charge in [0.1, 0.15) is 0 Å². The zero-order chi connectivity index (χ0) is 17.7. The quantitative estimate of drug-likeness (QED) is 0.735. The number of hydrogen-bond acceptors (Lipinski definition) is 3. The summed E-state index contributed by atoms with van der Waals surface area (Å²) in [6, 6.07) is 11.7. The van der Waals surface area contributed by atoms with E-state index in [0.29, 0.717) is 23.0 Å². The number of carbonyl (C=O) groups is 1. The van der Waals surface area contributed by atoms with Crippen LogP contribution in [0.15, 0.2) is 53.6 Å². The van der Waals surface area contributed by atoms with Crippen LogP contribution in [0.3, 0.4) is 0 Å². The van der Waals surface area contributed by atoms with Gasteiger partial charge in [-0.3, -0.25) is 14.6 Å². The van der Waals surface area contributed by atoms with Crippen molar-refractivity contribution in [3.05, 3.63) is 70.3 Å². The number of anilines is 1. The number of amides is 1. The molecule has 1 aromatic carbocycles. The lowest BCUT2D eigenvalue weighted by Gasteiger charge is -2.24. The van der Waals surface area contributed by atoms with E-state index in [9.17, 15) is 9.59 Å². The second kappa shape index (κ2) is 5.53. The average molecular weight is 345 g/mol. The van der Waals surface area contributed by atoms with Crippen LogP contribution >= 0.6 is 0 Å². The van der Waals surface area contributed by atoms with Gasteiger partial charge in [0.25, 0.3) is 11.5 Å². The van der Waals surface area contributed by atoms with Gasteiger partial charge in [-0.1, -0.05) is 31.0 Å². The minimum atomic E-state index is -0.223. The van der Waals surface area contributed by atoms with E-state index in [-0.39, 0.29) is 16.9 Å². The van der Waals surface area contributed by atoms with Crippen LogP contribution in [0.5, 0.6) is 0 Å². The van der Waals surface area contributed by atoms with E-state index in [1.54, 1.807) is 18.3 Å². The summed E-state index contributed by atoms with van der Waals surface area (Å²) in [7, 11) is 0. The number of pyridine rings is 2. The first kappa shape index (κ1) is 15.3. The molecular weight excluding hydrogens is 326 g/mol. The van der Waals surface area contributed by atoms with Gasteiger partial charge in [-0.05, 0) is 36.6 Å². The summed E-state index contributed by atoms with van der Waals surface area (Å²) < 4.78 is 0. The van der Waals surface area contributed by atoms with Crippen molar-refractivity contribution >= 4 is 22.5 Å². The van der Waals surface area contributed by atoms with Crippen molar-refractivity contribution in [1.82, 2.24) is 9.97 Å². The van der Waals surface area contributed by atoms with Gasteiger partial charge in [-0.15, -0.1) is 0 Å². The smallest absolute Gasteiger partial charge is 0.262 e. The van der Waals surface area contributed by atoms with E-state index in [1.165, 1.54) is 24.6 Å². The van der Waals surface area contributed by atoms with Gasteiger partial charge in [0.2, 0.25) is 0 Å². The van der Waals surface area contributed by atoms with Crippen molar-refractivity contribution in [3.8, 4) is 0 Å². The molecule has 130 valence electrons. The topological polar surface area (TPSA) is 66.1 Å². The third-order valence-corrected chi connectivity index (χ3v) is 5.92. The van der Waals surface area contributed by atoms with Crippen LogP contribution in [0, 0.1) is 0 Å². The number of aromatic nitrogens is 2. The summed E-state index contributed by atoms with van der Waals surface area (Å²) in [6.45, 7) is 0.707. The highest BCUT2D eigenvalue weighted by atomic mass is 16.2. The van der Waals surface area contributed by atoms with Crippen molar-refractivity contribution in [2.24, 2.45) is 0 Å². The summed E-state index contributed by atoms with van der Waals surface area (Å²) in [6.07, 6.45) is 7.78. The van der Waals surface area contributed by atoms with Crippen molar-refractivity contribution in [2.75, 3.05) is 11.4 Å². The third-order valence-electron chi connectivity index (χ3n) is 5.92. The van der Waals surface area contributed by atoms with Crippen LogP contribution in [0.2, 0.25) is 0 Å². The molecule has 0 saturated heterocycles. The molecule has 5 nitrogen and oxygen atoms in total. The van der Waals surface area contributed by atoms with Crippen LogP contribution in [-0.4, -0.2) is 22.4 Å². The van der Waals surface area contributed by atoms with Gasteiger partial charge < -0.3 is 9.88 Å². The average Bonchev–Trinajstić information content (AvgIpc) is 3.28. The largest absolute Gasteiger partial charge is 0.328 e. The number of aromatic amines is 1. The third kappa shape index (κ3) is 2.06. The Labute approximate surface area is 150 Å². The normalized spacial score (nSPS) is 17.8. The Kier molecular flexibility index (Phi) is 3.26. The summed E-state index contributed by atoms with van der Waals surface area (Å²) in [5.74, 6) is -0.0961. The molecule has 1 N–H and O–H groups in total. The Morgan fingerprint density at radius 1 is 1.12 bits per heavy atom. The zero-order valence-corrected chi connectivity index (χ0v) is 14.4. The van der Waals surface area contributed by atoms with E-state index in [1.807, 2.05) is 17.0 Å². The van der Waals surface area contributed by atoms with Gasteiger partial charge in [-0.2, -0.15) is 0 Å². The minimum absolute atomic E-state index is 0.0810. The maximum atomic E-state index is 13.4. The first-order valence-corrected chi connectivity index (χ1v) is 9.07. The molecule has 5 heteroatoms. The lowest BCUT2D eigenvalue weighted by molar-refractivity contribution is 0.0986. The number of carbonyl (C=O) groups excluding carboxylic acids is 1. The molecule has 1 fully saturated rings. The molecule has 1 amide bonds. The van der Waals surface area contributed by atoms with Crippen molar-refractivity contribution in [1.29, 1.82) is 0 Å². The number of nitrogens with zero attached hydrogens (tertiary/aromatic N) is 2. The molecule has 5 rings (SSSR count). The van der Waals surface area contributed by atoms with Crippen molar-refractivity contribution in [3.63, 3.8) is 0 Å². The van der Waals surface area contributed by atoms with Gasteiger partial charge in [-0.25, -0.2) is 0 Å². The second-order valence-corrected chi connectivity index (χ2v) is 7.33. The molecule has 3 aromatic rings. The molecule has 1 saturated carbocycles. The highest BCUT2D eigenvalue weighted by Gasteiger charge is 2.46. The molecule has 0 bridgehead atoms. The van der Waals surface area contributed by atoms with E-state index >= 15 is 0 Å². The SMILES string of the molecule is O=C(c1c[nH]c(=O)c2cccnc12)N1CC2(CCCC2)c2ccccc21. The Hall–Kier alpha value is -2.95. The fourth-order valence-electron chi connectivity index (χ4n) is 4.69. The zero-order valence-electron chi connectivity index (χ0n) is 14.4. The Bertz CT molecular complexity index is 1080. The van der Waals surface area contributed by atoms with E-state index in [4.69, 9.17) is 0 Å². The number of H-pyrrole nitrogens is 1. The van der Waals surface area contributed by atoms with Gasteiger partial charge in [0.05, 0.1) is 16.5 Å². The molecular formula is C21H19N3O2. The number of fused-ring (bicyclic) bond motifs is 3. The summed E-state index contributed by atoms with van der Waals surface area (Å²) in [5, 5.41) is 0.446. The highest BCUT2D eigenvalue weighted by Crippen LogP contribution is 2.50. The van der Waals surface area contributed by atoms with Crippen molar-refractivity contribution < 1.29 is 4.79 Å². The van der Waals surface area contributed by atoms with E-state index in [0.717, 1.165) is 18.5 Å². The predicted octanol–water partition coefficient (Wildman–Crippen LogP) is 3.40. The lowest BCUT2D eigenvalue weighted by Crippen LogP contribution is -2.36. The maximum Gasteiger partial charge on any atom is 0.262 e. The van der Waals surface area contributed by atoms with Crippen LogP contribution in [0.1, 0.15) is 41.6 Å². The first-order valence-electron chi connectivity index (χ1n) is 9.07. The van der Waals surface area contributed by atoms with Gasteiger partial charge in [0.15, 0.2) is 0 Å². The van der Waals surface area contributed by atoms with Crippen LogP contribution in [0.25, 0.3) is 10.9 Å². The number of rotatable bonds is 1. The van der Waals surface area contributed by atoms with Crippen LogP contribution < -0.4 is 10.5 Å². The Morgan fingerprint density at radius 3 is 2.77 bits per heavy atom. The van der Waals surface area contributed by atoms with Crippen molar-refractivity contribution in [2.45, 2.75) is 31.1 Å². The van der Waals surface area contributed by atoms with Gasteiger partial charge >= 0.3 is 0 Å². The summed E-state index contributed by atoms with van der Waals surface area (Å²) in [4.78, 5) is 34.4. The molecule has 26 heavy (non-hydrogen) atoms. The molecule has 0 atom stereocenters. The second-order valence-electron chi connectivity index (χ2n) is 7.33. The number of benzene rings is 1.